The summed E-state index contributed by atoms with van der Waals surface area (Å²) in [7, 11) is 2.98. The Kier molecular flexibility index (Phi) is 7.12. The number of carbonyl (C=O) groups excluding carboxylic acids is 3. The first-order chi connectivity index (χ1) is 14.9. The molecule has 0 aromatic heterocycles. The van der Waals surface area contributed by atoms with Gasteiger partial charge in [-0.25, -0.2) is 0 Å². The summed E-state index contributed by atoms with van der Waals surface area (Å²) in [6.45, 7) is 3.20. The third-order valence-electron chi connectivity index (χ3n) is 5.27. The molecule has 0 bridgehead atoms. The predicted molar refractivity (Wildman–Crippen MR) is 117 cm³/mol. The number of nitrogens with zero attached hydrogens (tertiary/aromatic N) is 1. The number of nitrogens with one attached hydrogen (secondary N) is 2. The summed E-state index contributed by atoms with van der Waals surface area (Å²) in [5.41, 5.74) is 2.26. The first-order valence-electron chi connectivity index (χ1n) is 10.2. The van der Waals surface area contributed by atoms with E-state index < -0.39 is 0 Å². The number of amides is 3. The molecule has 1 aliphatic rings. The first-order valence-corrected chi connectivity index (χ1v) is 10.2. The number of methoxy groups -OCH3 is 1. The minimum Gasteiger partial charge on any atom is -0.493 e. The molecule has 1 fully saturated rings. The summed E-state index contributed by atoms with van der Waals surface area (Å²) in [6.07, 6.45) is 2.04. The molecule has 0 unspecified atom stereocenters. The minimum absolute atomic E-state index is 0.00890. The second kappa shape index (κ2) is 9.97. The Morgan fingerprint density at radius 1 is 1.06 bits per heavy atom. The Hall–Kier alpha value is -3.55. The topological polar surface area (TPSA) is 97.0 Å². The van der Waals surface area contributed by atoms with Crippen LogP contribution >= 0.6 is 0 Å². The highest BCUT2D eigenvalue weighted by molar-refractivity contribution is 6.06. The van der Waals surface area contributed by atoms with Crippen LogP contribution in [0.25, 0.3) is 0 Å². The molecule has 0 atom stereocenters. The number of likely N-dealkylation sites (N-methyl/N-ethyl adjacent to an activating group) is 1. The molecule has 1 saturated heterocycles. The number of likely N-dealkylation sites (tertiary alicyclic amines) is 1. The van der Waals surface area contributed by atoms with Crippen molar-refractivity contribution in [2.75, 3.05) is 39.2 Å². The standard InChI is InChI=1S/C23H27N3O5/c1-15-17(23(29)26-11-4-5-12-26)7-6-8-18(15)25-22(28)16-9-10-19(20(13-16)30-3)31-14-21(27)24-2/h6-10,13H,4-5,11-12,14H2,1-3H3,(H,24,27)(H,25,28). The van der Waals surface area contributed by atoms with E-state index in [0.717, 1.165) is 31.5 Å². The Labute approximate surface area is 181 Å². The van der Waals surface area contributed by atoms with Crippen LogP contribution in [0.15, 0.2) is 36.4 Å². The van der Waals surface area contributed by atoms with Gasteiger partial charge in [0.15, 0.2) is 18.1 Å². The highest BCUT2D eigenvalue weighted by Crippen LogP contribution is 2.29. The minimum atomic E-state index is -0.343. The zero-order valence-electron chi connectivity index (χ0n) is 18.0. The van der Waals surface area contributed by atoms with Gasteiger partial charge < -0.3 is 25.0 Å². The molecule has 2 aromatic rings. The fraction of sp³-hybridized carbons (Fsp3) is 0.348. The number of hydrogen-bond donors (Lipinski definition) is 2. The first kappa shape index (κ1) is 22.1. The van der Waals surface area contributed by atoms with Crippen molar-refractivity contribution < 1.29 is 23.9 Å². The molecule has 8 nitrogen and oxygen atoms in total. The van der Waals surface area contributed by atoms with Crippen LogP contribution in [-0.4, -0.2) is 56.5 Å². The lowest BCUT2D eigenvalue weighted by atomic mass is 10.0. The lowest BCUT2D eigenvalue weighted by Gasteiger charge is -2.18. The molecule has 1 aliphatic heterocycles. The molecule has 0 saturated carbocycles. The summed E-state index contributed by atoms with van der Waals surface area (Å²) < 4.78 is 10.7. The summed E-state index contributed by atoms with van der Waals surface area (Å²) in [5.74, 6) is 0.0707. The van der Waals surface area contributed by atoms with Gasteiger partial charge in [-0.2, -0.15) is 0 Å². The highest BCUT2D eigenvalue weighted by Gasteiger charge is 2.22. The van der Waals surface area contributed by atoms with Gasteiger partial charge >= 0.3 is 0 Å². The van der Waals surface area contributed by atoms with Crippen LogP contribution in [0.3, 0.4) is 0 Å². The molecule has 3 rings (SSSR count). The van der Waals surface area contributed by atoms with Gasteiger partial charge in [0.05, 0.1) is 7.11 Å². The van der Waals surface area contributed by atoms with E-state index in [1.54, 1.807) is 36.4 Å². The number of benzene rings is 2. The molecule has 8 heteroatoms. The summed E-state index contributed by atoms with van der Waals surface area (Å²) in [4.78, 5) is 38.8. The van der Waals surface area contributed by atoms with E-state index in [0.29, 0.717) is 28.3 Å². The van der Waals surface area contributed by atoms with Crippen molar-refractivity contribution in [3.8, 4) is 11.5 Å². The van der Waals surface area contributed by atoms with Gasteiger partial charge in [0, 0.05) is 37.0 Å². The van der Waals surface area contributed by atoms with Crippen LogP contribution in [0.4, 0.5) is 5.69 Å². The highest BCUT2D eigenvalue weighted by atomic mass is 16.5. The quantitative estimate of drug-likeness (QED) is 0.711. The van der Waals surface area contributed by atoms with Crippen molar-refractivity contribution in [3.05, 3.63) is 53.1 Å². The average Bonchev–Trinajstić information content (AvgIpc) is 3.33. The van der Waals surface area contributed by atoms with Crippen LogP contribution in [-0.2, 0) is 4.79 Å². The van der Waals surface area contributed by atoms with Gasteiger partial charge in [0.2, 0.25) is 0 Å². The molecular formula is C23H27N3O5. The van der Waals surface area contributed by atoms with Gasteiger partial charge in [0.25, 0.3) is 17.7 Å². The van der Waals surface area contributed by atoms with Crippen molar-refractivity contribution in [1.29, 1.82) is 0 Å². The van der Waals surface area contributed by atoms with Crippen LogP contribution in [0, 0.1) is 6.92 Å². The molecule has 31 heavy (non-hydrogen) atoms. The monoisotopic (exact) mass is 425 g/mol. The molecule has 3 amide bonds. The number of rotatable bonds is 7. The third-order valence-corrected chi connectivity index (χ3v) is 5.27. The number of ether oxygens (including phenoxy) is 2. The molecule has 2 aromatic carbocycles. The summed E-state index contributed by atoms with van der Waals surface area (Å²) in [6, 6.07) is 10.0. The number of hydrogen-bond acceptors (Lipinski definition) is 5. The van der Waals surface area contributed by atoms with Crippen molar-refractivity contribution in [1.82, 2.24) is 10.2 Å². The Morgan fingerprint density at radius 2 is 1.81 bits per heavy atom. The average molecular weight is 425 g/mol. The maximum absolute atomic E-state index is 12.8. The zero-order chi connectivity index (χ0) is 22.4. The van der Waals surface area contributed by atoms with Crippen molar-refractivity contribution in [3.63, 3.8) is 0 Å². The molecule has 0 aliphatic carbocycles. The van der Waals surface area contributed by atoms with E-state index in [9.17, 15) is 14.4 Å². The molecule has 0 radical (unpaired) electrons. The fourth-order valence-electron chi connectivity index (χ4n) is 3.43. The van der Waals surface area contributed by atoms with Crippen LogP contribution < -0.4 is 20.1 Å². The zero-order valence-corrected chi connectivity index (χ0v) is 18.0. The normalized spacial score (nSPS) is 12.9. The molecule has 2 N–H and O–H groups in total. The predicted octanol–water partition coefficient (Wildman–Crippen LogP) is 2.62. The van der Waals surface area contributed by atoms with Gasteiger partial charge in [-0.05, 0) is 55.7 Å². The van der Waals surface area contributed by atoms with Gasteiger partial charge in [-0.15, -0.1) is 0 Å². The molecule has 164 valence electrons. The SMILES string of the molecule is CNC(=O)COc1ccc(C(=O)Nc2cccc(C(=O)N3CCCC3)c2C)cc1OC. The second-order valence-corrected chi connectivity index (χ2v) is 7.26. The van der Waals surface area contributed by atoms with E-state index in [4.69, 9.17) is 9.47 Å². The van der Waals surface area contributed by atoms with Crippen molar-refractivity contribution in [2.45, 2.75) is 19.8 Å². The third kappa shape index (κ3) is 5.14. The van der Waals surface area contributed by atoms with E-state index in [-0.39, 0.29) is 24.3 Å². The van der Waals surface area contributed by atoms with Gasteiger partial charge in [0.1, 0.15) is 0 Å². The molecular weight excluding hydrogens is 398 g/mol. The molecule has 1 heterocycles. The van der Waals surface area contributed by atoms with Crippen molar-refractivity contribution >= 4 is 23.4 Å². The van der Waals surface area contributed by atoms with E-state index in [1.165, 1.54) is 14.2 Å². The van der Waals surface area contributed by atoms with E-state index in [2.05, 4.69) is 10.6 Å². The molecule has 0 spiro atoms. The second-order valence-electron chi connectivity index (χ2n) is 7.26. The van der Waals surface area contributed by atoms with E-state index >= 15 is 0 Å². The lowest BCUT2D eigenvalue weighted by Crippen LogP contribution is -2.28. The Bertz CT molecular complexity index is 983. The Balaban J connectivity index is 1.76. The van der Waals surface area contributed by atoms with Crippen LogP contribution in [0.2, 0.25) is 0 Å². The Morgan fingerprint density at radius 3 is 2.48 bits per heavy atom. The fourth-order valence-corrected chi connectivity index (χ4v) is 3.43. The largest absolute Gasteiger partial charge is 0.493 e. The summed E-state index contributed by atoms with van der Waals surface area (Å²) >= 11 is 0. The maximum Gasteiger partial charge on any atom is 0.257 e. The van der Waals surface area contributed by atoms with Gasteiger partial charge in [-0.3, -0.25) is 14.4 Å². The van der Waals surface area contributed by atoms with Crippen LogP contribution in [0.1, 0.15) is 39.1 Å². The number of carbonyl (C=O) groups is 3. The van der Waals surface area contributed by atoms with Crippen LogP contribution in [0.5, 0.6) is 11.5 Å². The summed E-state index contributed by atoms with van der Waals surface area (Å²) in [5, 5.41) is 5.34. The van der Waals surface area contributed by atoms with Gasteiger partial charge in [-0.1, -0.05) is 6.07 Å². The maximum atomic E-state index is 12.8. The smallest absolute Gasteiger partial charge is 0.257 e. The van der Waals surface area contributed by atoms with Crippen molar-refractivity contribution in [2.24, 2.45) is 0 Å². The number of anilines is 1. The lowest BCUT2D eigenvalue weighted by molar-refractivity contribution is -0.122. The van der Waals surface area contributed by atoms with E-state index in [1.807, 2.05) is 11.8 Å².